The van der Waals surface area contributed by atoms with Gasteiger partial charge in [-0.25, -0.2) is 0 Å². The van der Waals surface area contributed by atoms with Gasteiger partial charge in [0, 0.05) is 25.9 Å². The van der Waals surface area contributed by atoms with E-state index in [2.05, 4.69) is 26.0 Å². The summed E-state index contributed by atoms with van der Waals surface area (Å²) in [6, 6.07) is 8.20. The molecule has 0 spiro atoms. The minimum atomic E-state index is -2.53. The van der Waals surface area contributed by atoms with Crippen molar-refractivity contribution in [3.63, 3.8) is 0 Å². The predicted molar refractivity (Wildman–Crippen MR) is 111 cm³/mol. The van der Waals surface area contributed by atoms with E-state index in [0.717, 1.165) is 38.0 Å². The number of rotatable bonds is 15. The van der Waals surface area contributed by atoms with E-state index in [1.54, 1.807) is 0 Å². The van der Waals surface area contributed by atoms with Gasteiger partial charge in [-0.2, -0.15) is 0 Å². The summed E-state index contributed by atoms with van der Waals surface area (Å²) in [5, 5.41) is 0. The minimum absolute atomic E-state index is 0.0858. The first kappa shape index (κ1) is 24.1. The minimum Gasteiger partial charge on any atom is -0.465 e. The van der Waals surface area contributed by atoms with Crippen LogP contribution >= 0.6 is 0 Å². The summed E-state index contributed by atoms with van der Waals surface area (Å²) < 4.78 is 29.0. The van der Waals surface area contributed by atoms with Crippen molar-refractivity contribution in [3.8, 4) is 5.75 Å². The summed E-state index contributed by atoms with van der Waals surface area (Å²) in [6.45, 7) is 14.0. The Kier molecular flexibility index (Phi) is 11.9. The first-order chi connectivity index (χ1) is 12.9. The van der Waals surface area contributed by atoms with Crippen molar-refractivity contribution >= 4 is 8.80 Å². The molecule has 0 aliphatic rings. The Bertz CT molecular complexity index is 488. The lowest BCUT2D eigenvalue weighted by Gasteiger charge is -2.28. The van der Waals surface area contributed by atoms with Gasteiger partial charge in [-0.1, -0.05) is 25.5 Å². The molecule has 6 heteroatoms. The second kappa shape index (κ2) is 13.3. The number of ether oxygens (including phenoxy) is 2. The van der Waals surface area contributed by atoms with Crippen LogP contribution in [-0.4, -0.2) is 41.0 Å². The molecule has 0 aliphatic carbocycles. The van der Waals surface area contributed by atoms with E-state index >= 15 is 0 Å². The third kappa shape index (κ3) is 10.3. The van der Waals surface area contributed by atoms with E-state index in [1.165, 1.54) is 5.56 Å². The third-order valence-electron chi connectivity index (χ3n) is 4.14. The number of hydrogen-bond acceptors (Lipinski definition) is 5. The smallest absolute Gasteiger partial charge is 0.465 e. The number of benzene rings is 1. The Balaban J connectivity index is 2.42. The molecule has 5 nitrogen and oxygen atoms in total. The maximum atomic E-state index is 6.12. The van der Waals surface area contributed by atoms with Gasteiger partial charge in [0.25, 0.3) is 0 Å². The molecule has 0 aromatic heterocycles. The Hall–Kier alpha value is -0.923. The molecule has 1 aromatic rings. The summed E-state index contributed by atoms with van der Waals surface area (Å²) in [4.78, 5) is 0. The highest BCUT2D eigenvalue weighted by molar-refractivity contribution is 6.59. The average Bonchev–Trinajstić information content (AvgIpc) is 2.61. The van der Waals surface area contributed by atoms with E-state index in [0.29, 0.717) is 13.2 Å². The van der Waals surface area contributed by atoms with Crippen LogP contribution in [-0.2, 0) is 24.4 Å². The SMILES string of the molecule is CCCCOC(C)Oc1ccc(CCC(C)O[Si](C)(OCC)OCC)cc1. The second-order valence-corrected chi connectivity index (χ2v) is 9.29. The van der Waals surface area contributed by atoms with Gasteiger partial charge >= 0.3 is 8.80 Å². The van der Waals surface area contributed by atoms with Gasteiger partial charge in [0.05, 0.1) is 6.61 Å². The van der Waals surface area contributed by atoms with E-state index in [4.69, 9.17) is 22.8 Å². The maximum Gasteiger partial charge on any atom is 0.497 e. The molecule has 0 fully saturated rings. The lowest BCUT2D eigenvalue weighted by Crippen LogP contribution is -2.45. The quantitative estimate of drug-likeness (QED) is 0.231. The topological polar surface area (TPSA) is 46.2 Å². The summed E-state index contributed by atoms with van der Waals surface area (Å²) in [5.74, 6) is 0.833. The van der Waals surface area contributed by atoms with Crippen molar-refractivity contribution in [1.29, 1.82) is 0 Å². The van der Waals surface area contributed by atoms with Crippen molar-refractivity contribution in [2.24, 2.45) is 0 Å². The third-order valence-corrected chi connectivity index (χ3v) is 6.60. The summed E-state index contributed by atoms with van der Waals surface area (Å²) in [5.41, 5.74) is 1.26. The van der Waals surface area contributed by atoms with Crippen LogP contribution in [0.3, 0.4) is 0 Å². The molecule has 2 atom stereocenters. The van der Waals surface area contributed by atoms with Crippen molar-refractivity contribution < 1.29 is 22.8 Å². The van der Waals surface area contributed by atoms with Crippen LogP contribution in [0.1, 0.15) is 59.4 Å². The molecule has 0 radical (unpaired) electrons. The van der Waals surface area contributed by atoms with Crippen molar-refractivity contribution in [2.75, 3.05) is 19.8 Å². The fraction of sp³-hybridized carbons (Fsp3) is 0.714. The maximum absolute atomic E-state index is 6.12. The van der Waals surface area contributed by atoms with E-state index in [1.807, 2.05) is 39.5 Å². The van der Waals surface area contributed by atoms with Gasteiger partial charge in [0.2, 0.25) is 0 Å². The first-order valence-electron chi connectivity index (χ1n) is 10.2. The van der Waals surface area contributed by atoms with Crippen molar-refractivity contribution in [3.05, 3.63) is 29.8 Å². The van der Waals surface area contributed by atoms with Gasteiger partial charge in [0.1, 0.15) is 5.75 Å². The van der Waals surface area contributed by atoms with Crippen molar-refractivity contribution in [2.45, 2.75) is 79.2 Å². The van der Waals surface area contributed by atoms with Gasteiger partial charge in [-0.15, -0.1) is 0 Å². The Morgan fingerprint density at radius 1 is 0.963 bits per heavy atom. The first-order valence-corrected chi connectivity index (χ1v) is 12.5. The Morgan fingerprint density at radius 3 is 2.15 bits per heavy atom. The standard InChI is InChI=1S/C21H38O5Si/c1-7-10-17-22-19(5)25-21-15-13-20(14-16-21)12-11-18(4)26-27(6,23-8-2)24-9-3/h13-16,18-19H,7-12,17H2,1-6H3. The highest BCUT2D eigenvalue weighted by Crippen LogP contribution is 2.18. The molecule has 27 heavy (non-hydrogen) atoms. The Labute approximate surface area is 166 Å². The molecule has 1 aromatic carbocycles. The molecular weight excluding hydrogens is 360 g/mol. The number of aryl methyl sites for hydroxylation is 1. The van der Waals surface area contributed by atoms with Gasteiger partial charge < -0.3 is 22.8 Å². The van der Waals surface area contributed by atoms with Crippen LogP contribution in [0.2, 0.25) is 6.55 Å². The molecule has 156 valence electrons. The summed E-state index contributed by atoms with van der Waals surface area (Å²) in [6.07, 6.45) is 3.90. The highest BCUT2D eigenvalue weighted by atomic mass is 28.4. The van der Waals surface area contributed by atoms with Crippen LogP contribution in [0.25, 0.3) is 0 Å². The predicted octanol–water partition coefficient (Wildman–Crippen LogP) is 5.21. The lowest BCUT2D eigenvalue weighted by molar-refractivity contribution is -0.0673. The van der Waals surface area contributed by atoms with Crippen molar-refractivity contribution in [1.82, 2.24) is 0 Å². The van der Waals surface area contributed by atoms with Gasteiger partial charge in [-0.3, -0.25) is 0 Å². The second-order valence-electron chi connectivity index (χ2n) is 6.75. The number of unbranched alkanes of at least 4 members (excludes halogenated alkanes) is 1. The molecule has 0 saturated heterocycles. The number of hydrogen-bond donors (Lipinski definition) is 0. The van der Waals surface area contributed by atoms with Crippen LogP contribution in [0.4, 0.5) is 0 Å². The van der Waals surface area contributed by atoms with Crippen LogP contribution in [0.15, 0.2) is 24.3 Å². The summed E-state index contributed by atoms with van der Waals surface area (Å²) >= 11 is 0. The zero-order valence-corrected chi connectivity index (χ0v) is 19.0. The monoisotopic (exact) mass is 398 g/mol. The zero-order valence-electron chi connectivity index (χ0n) is 18.0. The average molecular weight is 399 g/mol. The van der Waals surface area contributed by atoms with Crippen LogP contribution < -0.4 is 4.74 Å². The van der Waals surface area contributed by atoms with Crippen LogP contribution in [0, 0.1) is 0 Å². The molecule has 0 amide bonds. The van der Waals surface area contributed by atoms with Crippen LogP contribution in [0.5, 0.6) is 5.75 Å². The Morgan fingerprint density at radius 2 is 1.59 bits per heavy atom. The molecule has 2 unspecified atom stereocenters. The molecular formula is C21H38O5Si. The molecule has 0 bridgehead atoms. The lowest BCUT2D eigenvalue weighted by atomic mass is 10.1. The van der Waals surface area contributed by atoms with E-state index in [9.17, 15) is 0 Å². The summed E-state index contributed by atoms with van der Waals surface area (Å²) in [7, 11) is -2.53. The fourth-order valence-electron chi connectivity index (χ4n) is 2.78. The molecule has 0 saturated carbocycles. The molecule has 0 aliphatic heterocycles. The molecule has 0 N–H and O–H groups in total. The zero-order chi connectivity index (χ0) is 20.1. The fourth-order valence-corrected chi connectivity index (χ4v) is 4.90. The normalized spacial score (nSPS) is 14.1. The largest absolute Gasteiger partial charge is 0.497 e. The highest BCUT2D eigenvalue weighted by Gasteiger charge is 2.35. The molecule has 1 rings (SSSR count). The van der Waals surface area contributed by atoms with E-state index < -0.39 is 8.80 Å². The molecule has 0 heterocycles. The van der Waals surface area contributed by atoms with Gasteiger partial charge in [0.15, 0.2) is 6.29 Å². The van der Waals surface area contributed by atoms with E-state index in [-0.39, 0.29) is 12.4 Å². The van der Waals surface area contributed by atoms with Gasteiger partial charge in [-0.05, 0) is 64.7 Å².